The Morgan fingerprint density at radius 2 is 1.74 bits per heavy atom. The quantitative estimate of drug-likeness (QED) is 0.350. The number of benzene rings is 1. The van der Waals surface area contributed by atoms with Crippen LogP contribution in [-0.4, -0.2) is 24.3 Å². The maximum atomic E-state index is 11.0. The van der Waals surface area contributed by atoms with E-state index >= 15 is 0 Å². The van der Waals surface area contributed by atoms with Gasteiger partial charge in [-0.15, -0.1) is 0 Å². The highest BCUT2D eigenvalue weighted by Gasteiger charge is 2.04. The van der Waals surface area contributed by atoms with E-state index in [1.54, 1.807) is 13.8 Å². The lowest BCUT2D eigenvalue weighted by Crippen LogP contribution is -2.07. The second kappa shape index (κ2) is 11.8. The van der Waals surface area contributed by atoms with Crippen molar-refractivity contribution in [2.75, 3.05) is 13.2 Å². The molecule has 1 aromatic carbocycles. The van der Waals surface area contributed by atoms with Crippen molar-refractivity contribution in [1.29, 1.82) is 0 Å². The van der Waals surface area contributed by atoms with Crippen LogP contribution in [0.4, 0.5) is 0 Å². The van der Waals surface area contributed by atoms with E-state index in [-0.39, 0.29) is 25.6 Å². The van der Waals surface area contributed by atoms with Crippen molar-refractivity contribution in [3.63, 3.8) is 0 Å². The fourth-order valence-electron chi connectivity index (χ4n) is 1.29. The lowest BCUT2D eigenvalue weighted by molar-refractivity contribution is -0.224. The largest absolute Gasteiger partial charge is 0.756 e. The Kier molecular flexibility index (Phi) is 11.0. The Balaban J connectivity index is 0.000000468. The van der Waals surface area contributed by atoms with Crippen molar-refractivity contribution in [2.45, 2.75) is 27.4 Å². The van der Waals surface area contributed by atoms with E-state index in [2.05, 4.69) is 9.05 Å². The second-order valence-electron chi connectivity index (χ2n) is 4.16. The average molecular weight is 345 g/mol. The number of phosphoric acid groups is 1. The molecule has 0 saturated heterocycles. The van der Waals surface area contributed by atoms with E-state index in [1.165, 1.54) is 6.92 Å². The summed E-state index contributed by atoms with van der Waals surface area (Å²) in [6, 6.07) is 9.36. The Hall–Kier alpha value is -1.66. The van der Waals surface area contributed by atoms with Crippen LogP contribution in [-0.2, 0) is 29.8 Å². The molecule has 0 aliphatic heterocycles. The normalized spacial score (nSPS) is 11.4. The van der Waals surface area contributed by atoms with E-state index in [4.69, 9.17) is 9.84 Å². The highest BCUT2D eigenvalue weighted by molar-refractivity contribution is 7.45. The standard InChI is InChI=1S/C11H12O3.C4H11O4P/c1-9(12)7-11(13)14-8-10-5-3-2-4-6-10;1-3-7-9(5,6)8-4-2/h2-7,12H,8H2,1H3;3-4H2,1-2H3,(H,5,6)/p-1/b9-7-;. The maximum Gasteiger partial charge on any atom is 0.334 e. The predicted molar refractivity (Wildman–Crippen MR) is 83.5 cm³/mol. The Morgan fingerprint density at radius 1 is 1.22 bits per heavy atom. The monoisotopic (exact) mass is 345 g/mol. The van der Waals surface area contributed by atoms with Crippen molar-refractivity contribution in [3.05, 3.63) is 47.7 Å². The zero-order chi connectivity index (χ0) is 17.7. The molecule has 1 N–H and O–H groups in total. The topological polar surface area (TPSA) is 105 Å². The number of ether oxygens (including phenoxy) is 1. The molecule has 0 bridgehead atoms. The first-order chi connectivity index (χ1) is 10.8. The number of hydrogen-bond donors (Lipinski definition) is 1. The molecule has 0 unspecified atom stereocenters. The molecule has 0 heterocycles. The van der Waals surface area contributed by atoms with Crippen LogP contribution in [0.5, 0.6) is 0 Å². The van der Waals surface area contributed by atoms with Gasteiger partial charge in [-0.25, -0.2) is 4.79 Å². The van der Waals surface area contributed by atoms with E-state index in [0.29, 0.717) is 0 Å². The van der Waals surface area contributed by atoms with Gasteiger partial charge in [0, 0.05) is 0 Å². The van der Waals surface area contributed by atoms with Gasteiger partial charge in [-0.05, 0) is 26.3 Å². The molecule has 23 heavy (non-hydrogen) atoms. The van der Waals surface area contributed by atoms with Crippen molar-refractivity contribution in [2.24, 2.45) is 0 Å². The summed E-state index contributed by atoms with van der Waals surface area (Å²) in [6.45, 7) is 5.07. The number of allylic oxidation sites excluding steroid dienone is 1. The fraction of sp³-hybridized carbons (Fsp3) is 0.400. The number of aliphatic hydroxyl groups excluding tert-OH is 1. The number of carbonyl (C=O) groups excluding carboxylic acids is 1. The van der Waals surface area contributed by atoms with Crippen LogP contribution in [0.1, 0.15) is 26.3 Å². The number of esters is 1. The summed E-state index contributed by atoms with van der Waals surface area (Å²) in [4.78, 5) is 21.4. The first-order valence-electron chi connectivity index (χ1n) is 6.98. The van der Waals surface area contributed by atoms with Crippen molar-refractivity contribution >= 4 is 13.8 Å². The highest BCUT2D eigenvalue weighted by atomic mass is 31.2. The van der Waals surface area contributed by atoms with Crippen molar-refractivity contribution < 1.29 is 33.1 Å². The first kappa shape index (κ1) is 21.3. The Labute approximate surface area is 136 Å². The molecular weight excluding hydrogens is 323 g/mol. The molecule has 1 rings (SSSR count). The summed E-state index contributed by atoms with van der Waals surface area (Å²) in [5.41, 5.74) is 0.921. The van der Waals surface area contributed by atoms with Crippen molar-refractivity contribution in [3.8, 4) is 0 Å². The van der Waals surface area contributed by atoms with Gasteiger partial charge in [0.15, 0.2) is 0 Å². The zero-order valence-corrected chi connectivity index (χ0v) is 14.3. The number of rotatable bonds is 7. The lowest BCUT2D eigenvalue weighted by Gasteiger charge is -2.20. The van der Waals surface area contributed by atoms with Crippen LogP contribution in [0.25, 0.3) is 0 Å². The molecule has 0 radical (unpaired) electrons. The van der Waals surface area contributed by atoms with Gasteiger partial charge in [0.05, 0.1) is 25.0 Å². The minimum absolute atomic E-state index is 0.0527. The van der Waals surface area contributed by atoms with Gasteiger partial charge < -0.3 is 23.8 Å². The van der Waals surface area contributed by atoms with Gasteiger partial charge >= 0.3 is 5.97 Å². The molecule has 0 saturated carbocycles. The predicted octanol–water partition coefficient (Wildman–Crippen LogP) is 2.72. The Bertz CT molecular complexity index is 514. The van der Waals surface area contributed by atoms with Crippen LogP contribution in [0.15, 0.2) is 42.2 Å². The van der Waals surface area contributed by atoms with Gasteiger partial charge in [-0.3, -0.25) is 4.57 Å². The average Bonchev–Trinajstić information content (AvgIpc) is 2.46. The molecule has 0 fully saturated rings. The minimum Gasteiger partial charge on any atom is -0.756 e. The van der Waals surface area contributed by atoms with Gasteiger partial charge in [0.2, 0.25) is 0 Å². The van der Waals surface area contributed by atoms with Crippen LogP contribution < -0.4 is 4.89 Å². The summed E-state index contributed by atoms with van der Waals surface area (Å²) in [7, 11) is -3.94. The number of carbonyl (C=O) groups is 1. The summed E-state index contributed by atoms with van der Waals surface area (Å²) >= 11 is 0. The third kappa shape index (κ3) is 12.6. The summed E-state index contributed by atoms with van der Waals surface area (Å²) in [6.07, 6.45) is 1.04. The number of phosphoric ester groups is 1. The molecule has 0 aromatic heterocycles. The molecule has 8 heteroatoms. The Morgan fingerprint density at radius 3 is 2.17 bits per heavy atom. The summed E-state index contributed by atoms with van der Waals surface area (Å²) < 4.78 is 23.8. The molecule has 130 valence electrons. The van der Waals surface area contributed by atoms with E-state index < -0.39 is 13.8 Å². The summed E-state index contributed by atoms with van der Waals surface area (Å²) in [5.74, 6) is -0.586. The SMILES string of the molecule is C/C(O)=C/C(=O)OCc1ccccc1.CCOP(=O)([O-])OCC. The zero-order valence-electron chi connectivity index (χ0n) is 13.4. The van der Waals surface area contributed by atoms with E-state index in [9.17, 15) is 14.3 Å². The van der Waals surface area contributed by atoms with Gasteiger partial charge in [-0.1, -0.05) is 30.3 Å². The van der Waals surface area contributed by atoms with Gasteiger partial charge in [-0.2, -0.15) is 0 Å². The van der Waals surface area contributed by atoms with Gasteiger partial charge in [0.1, 0.15) is 6.61 Å². The molecular formula is C15H22O7P-. The van der Waals surface area contributed by atoms with Crippen LogP contribution in [0, 0.1) is 0 Å². The van der Waals surface area contributed by atoms with E-state index in [0.717, 1.165) is 11.6 Å². The third-order valence-electron chi connectivity index (χ3n) is 2.13. The third-order valence-corrected chi connectivity index (χ3v) is 3.27. The van der Waals surface area contributed by atoms with Crippen LogP contribution in [0.3, 0.4) is 0 Å². The lowest BCUT2D eigenvalue weighted by atomic mass is 10.2. The smallest absolute Gasteiger partial charge is 0.334 e. The van der Waals surface area contributed by atoms with Crippen molar-refractivity contribution in [1.82, 2.24) is 0 Å². The molecule has 0 amide bonds. The molecule has 0 aliphatic rings. The van der Waals surface area contributed by atoms with Crippen LogP contribution in [0.2, 0.25) is 0 Å². The van der Waals surface area contributed by atoms with Gasteiger partial charge in [0.25, 0.3) is 7.82 Å². The number of aliphatic hydroxyl groups is 1. The second-order valence-corrected chi connectivity index (χ2v) is 5.57. The highest BCUT2D eigenvalue weighted by Crippen LogP contribution is 2.37. The minimum atomic E-state index is -3.94. The fourth-order valence-corrected chi connectivity index (χ4v) is 2.00. The maximum absolute atomic E-state index is 11.0. The summed E-state index contributed by atoms with van der Waals surface area (Å²) in [5, 5.41) is 8.78. The van der Waals surface area contributed by atoms with Crippen LogP contribution >= 0.6 is 7.82 Å². The molecule has 0 aliphatic carbocycles. The molecule has 7 nitrogen and oxygen atoms in total. The van der Waals surface area contributed by atoms with E-state index in [1.807, 2.05) is 30.3 Å². The molecule has 0 atom stereocenters. The molecule has 1 aromatic rings. The molecule has 0 spiro atoms. The first-order valence-corrected chi connectivity index (χ1v) is 8.44. The number of hydrogen-bond acceptors (Lipinski definition) is 7.